The first-order chi connectivity index (χ1) is 12.7. The summed E-state index contributed by atoms with van der Waals surface area (Å²) < 4.78 is 12.0. The molecule has 126 valence electrons. The molecule has 0 fully saturated rings. The Kier molecular flexibility index (Phi) is 3.19. The van der Waals surface area contributed by atoms with E-state index in [9.17, 15) is 0 Å². The summed E-state index contributed by atoms with van der Waals surface area (Å²) in [5.74, 6) is 1.17. The van der Waals surface area contributed by atoms with E-state index in [1.165, 1.54) is 11.1 Å². The second-order valence-corrected chi connectivity index (χ2v) is 6.53. The Labute approximate surface area is 150 Å². The molecule has 0 aliphatic rings. The number of oxazole rings is 2. The minimum atomic E-state index is 0.584. The Morgan fingerprint density at radius 3 is 1.81 bits per heavy atom. The van der Waals surface area contributed by atoms with Crippen molar-refractivity contribution in [2.45, 2.75) is 13.8 Å². The maximum atomic E-state index is 6.04. The number of nitrogens with zero attached hydrogens (tertiary/aromatic N) is 2. The van der Waals surface area contributed by atoms with Gasteiger partial charge in [-0.3, -0.25) is 0 Å². The number of benzene rings is 3. The quantitative estimate of drug-likeness (QED) is 0.400. The van der Waals surface area contributed by atoms with E-state index in [2.05, 4.69) is 23.8 Å². The summed E-state index contributed by atoms with van der Waals surface area (Å²) in [5.41, 5.74) is 7.11. The highest BCUT2D eigenvalue weighted by molar-refractivity contribution is 5.99. The molecule has 0 aliphatic heterocycles. The van der Waals surface area contributed by atoms with Crippen molar-refractivity contribution in [2.24, 2.45) is 0 Å². The first kappa shape index (κ1) is 14.9. The number of aryl methyl sites for hydroxylation is 2. The summed E-state index contributed by atoms with van der Waals surface area (Å²) in [6, 6.07) is 20.0. The molecule has 0 radical (unpaired) electrons. The molecule has 0 unspecified atom stereocenters. The van der Waals surface area contributed by atoms with E-state index in [1.54, 1.807) is 0 Å². The van der Waals surface area contributed by atoms with Crippen molar-refractivity contribution in [1.29, 1.82) is 0 Å². The second kappa shape index (κ2) is 5.56. The Hall–Kier alpha value is -3.40. The smallest absolute Gasteiger partial charge is 0.227 e. The molecule has 4 heteroatoms. The summed E-state index contributed by atoms with van der Waals surface area (Å²) in [4.78, 5) is 9.27. The van der Waals surface area contributed by atoms with E-state index in [0.717, 1.165) is 16.6 Å². The minimum absolute atomic E-state index is 0.584. The molecular formula is C22H16N2O2. The zero-order chi connectivity index (χ0) is 17.7. The normalized spacial score (nSPS) is 11.5. The fraction of sp³-hybridized carbons (Fsp3) is 0.0909. The van der Waals surface area contributed by atoms with Crippen LogP contribution in [0.25, 0.3) is 45.1 Å². The Bertz CT molecular complexity index is 1130. The Morgan fingerprint density at radius 2 is 1.19 bits per heavy atom. The van der Waals surface area contributed by atoms with Crippen LogP contribution in [0, 0.1) is 13.8 Å². The molecule has 2 heterocycles. The average Bonchev–Trinajstić information content (AvgIpc) is 3.26. The van der Waals surface area contributed by atoms with Gasteiger partial charge in [-0.2, -0.15) is 0 Å². The predicted molar refractivity (Wildman–Crippen MR) is 102 cm³/mol. The summed E-state index contributed by atoms with van der Waals surface area (Å²) in [7, 11) is 0. The lowest BCUT2D eigenvalue weighted by molar-refractivity contribution is 0.618. The third-order valence-electron chi connectivity index (χ3n) is 4.51. The molecular weight excluding hydrogens is 324 g/mol. The van der Waals surface area contributed by atoms with Crippen molar-refractivity contribution < 1.29 is 8.83 Å². The number of rotatable bonds is 2. The van der Waals surface area contributed by atoms with Crippen LogP contribution in [0.2, 0.25) is 0 Å². The molecule has 0 saturated heterocycles. The third kappa shape index (κ3) is 2.39. The Balaban J connectivity index is 1.67. The van der Waals surface area contributed by atoms with Gasteiger partial charge in [-0.25, -0.2) is 9.97 Å². The van der Waals surface area contributed by atoms with Crippen molar-refractivity contribution in [3.8, 4) is 22.9 Å². The summed E-state index contributed by atoms with van der Waals surface area (Å²) in [5, 5.41) is 0. The largest absolute Gasteiger partial charge is 0.436 e. The van der Waals surface area contributed by atoms with Gasteiger partial charge in [0.25, 0.3) is 0 Å². The zero-order valence-corrected chi connectivity index (χ0v) is 14.5. The SMILES string of the molecule is Cc1ccc(-c2nc3c(ccc4nc(-c5ccc(C)cc5)oc43)o2)cc1. The van der Waals surface area contributed by atoms with Crippen molar-refractivity contribution in [3.63, 3.8) is 0 Å². The molecule has 0 amide bonds. The summed E-state index contributed by atoms with van der Waals surface area (Å²) in [6.45, 7) is 4.11. The number of hydrogen-bond donors (Lipinski definition) is 0. The molecule has 5 rings (SSSR count). The van der Waals surface area contributed by atoms with Crippen LogP contribution in [-0.2, 0) is 0 Å². The molecule has 4 nitrogen and oxygen atoms in total. The third-order valence-corrected chi connectivity index (χ3v) is 4.51. The lowest BCUT2D eigenvalue weighted by Crippen LogP contribution is -1.77. The summed E-state index contributed by atoms with van der Waals surface area (Å²) in [6.07, 6.45) is 0. The highest BCUT2D eigenvalue weighted by Gasteiger charge is 2.16. The van der Waals surface area contributed by atoms with E-state index < -0.39 is 0 Å². The first-order valence-corrected chi connectivity index (χ1v) is 8.51. The zero-order valence-electron chi connectivity index (χ0n) is 14.5. The number of fused-ring (bicyclic) bond motifs is 3. The van der Waals surface area contributed by atoms with Gasteiger partial charge in [0.1, 0.15) is 5.52 Å². The van der Waals surface area contributed by atoms with Crippen LogP contribution in [0.15, 0.2) is 69.5 Å². The fourth-order valence-electron chi connectivity index (χ4n) is 3.02. The van der Waals surface area contributed by atoms with Crippen LogP contribution >= 0.6 is 0 Å². The monoisotopic (exact) mass is 340 g/mol. The van der Waals surface area contributed by atoms with Gasteiger partial charge < -0.3 is 8.83 Å². The molecule has 0 saturated carbocycles. The molecule has 0 atom stereocenters. The van der Waals surface area contributed by atoms with Gasteiger partial charge in [0.15, 0.2) is 16.7 Å². The molecule has 0 N–H and O–H groups in total. The highest BCUT2D eigenvalue weighted by atomic mass is 16.4. The van der Waals surface area contributed by atoms with Gasteiger partial charge in [0, 0.05) is 11.1 Å². The average molecular weight is 340 g/mol. The standard InChI is InChI=1S/C22H16N2O2/c1-13-3-7-15(8-4-13)21-23-17-11-12-18-19(20(17)26-21)24-22(25-18)16-9-5-14(2)6-10-16/h3-12H,1-2H3. The fourth-order valence-corrected chi connectivity index (χ4v) is 3.02. The minimum Gasteiger partial charge on any atom is -0.436 e. The van der Waals surface area contributed by atoms with Crippen molar-refractivity contribution in [2.75, 3.05) is 0 Å². The second-order valence-electron chi connectivity index (χ2n) is 6.53. The summed E-state index contributed by atoms with van der Waals surface area (Å²) >= 11 is 0. The molecule has 2 aromatic heterocycles. The van der Waals surface area contributed by atoms with E-state index in [1.807, 2.05) is 60.7 Å². The first-order valence-electron chi connectivity index (χ1n) is 8.51. The van der Waals surface area contributed by atoms with Gasteiger partial charge in [-0.1, -0.05) is 35.4 Å². The van der Waals surface area contributed by atoms with Crippen LogP contribution in [0.4, 0.5) is 0 Å². The Morgan fingerprint density at radius 1 is 0.615 bits per heavy atom. The molecule has 26 heavy (non-hydrogen) atoms. The van der Waals surface area contributed by atoms with Crippen LogP contribution in [-0.4, -0.2) is 9.97 Å². The van der Waals surface area contributed by atoms with Crippen molar-refractivity contribution in [1.82, 2.24) is 9.97 Å². The van der Waals surface area contributed by atoms with Gasteiger partial charge in [-0.05, 0) is 50.2 Å². The van der Waals surface area contributed by atoms with E-state index in [4.69, 9.17) is 8.83 Å². The van der Waals surface area contributed by atoms with Crippen LogP contribution < -0.4 is 0 Å². The molecule has 0 bridgehead atoms. The van der Waals surface area contributed by atoms with E-state index in [-0.39, 0.29) is 0 Å². The number of aromatic nitrogens is 2. The van der Waals surface area contributed by atoms with Crippen LogP contribution in [0.1, 0.15) is 11.1 Å². The molecule has 5 aromatic rings. The maximum absolute atomic E-state index is 6.04. The van der Waals surface area contributed by atoms with E-state index >= 15 is 0 Å². The van der Waals surface area contributed by atoms with Crippen LogP contribution in [0.5, 0.6) is 0 Å². The van der Waals surface area contributed by atoms with Crippen LogP contribution in [0.3, 0.4) is 0 Å². The lowest BCUT2D eigenvalue weighted by atomic mass is 10.1. The number of hydrogen-bond acceptors (Lipinski definition) is 4. The van der Waals surface area contributed by atoms with Gasteiger partial charge >= 0.3 is 0 Å². The van der Waals surface area contributed by atoms with Gasteiger partial charge in [0.05, 0.1) is 0 Å². The van der Waals surface area contributed by atoms with Gasteiger partial charge in [-0.15, -0.1) is 0 Å². The molecule has 0 spiro atoms. The molecule has 3 aromatic carbocycles. The highest BCUT2D eigenvalue weighted by Crippen LogP contribution is 2.32. The topological polar surface area (TPSA) is 52.1 Å². The lowest BCUT2D eigenvalue weighted by Gasteiger charge is -1.95. The predicted octanol–water partition coefficient (Wildman–Crippen LogP) is 5.92. The van der Waals surface area contributed by atoms with E-state index in [0.29, 0.717) is 28.5 Å². The van der Waals surface area contributed by atoms with Crippen molar-refractivity contribution >= 4 is 22.2 Å². The van der Waals surface area contributed by atoms with Crippen molar-refractivity contribution in [3.05, 3.63) is 71.8 Å². The van der Waals surface area contributed by atoms with Gasteiger partial charge in [0.2, 0.25) is 11.8 Å². The maximum Gasteiger partial charge on any atom is 0.227 e. The molecule has 0 aliphatic carbocycles.